The molecule has 0 bridgehead atoms. The molecule has 1 fully saturated rings. The Bertz CT molecular complexity index is 498. The summed E-state index contributed by atoms with van der Waals surface area (Å²) in [6.07, 6.45) is 0. The van der Waals surface area contributed by atoms with Crippen LogP contribution < -0.4 is 5.32 Å². The third-order valence-electron chi connectivity index (χ3n) is 3.14. The highest BCUT2D eigenvalue weighted by Crippen LogP contribution is 2.23. The Morgan fingerprint density at radius 3 is 2.68 bits per heavy atom. The van der Waals surface area contributed by atoms with Crippen LogP contribution in [-0.2, 0) is 6.54 Å². The Morgan fingerprint density at radius 2 is 2.11 bits per heavy atom. The van der Waals surface area contributed by atoms with Crippen molar-refractivity contribution in [1.29, 1.82) is 0 Å². The Hall–Kier alpha value is -1.99. The van der Waals surface area contributed by atoms with E-state index in [0.29, 0.717) is 12.1 Å². The van der Waals surface area contributed by atoms with Crippen molar-refractivity contribution in [3.8, 4) is 0 Å². The number of carbonyl (C=O) groups is 1. The third-order valence-corrected chi connectivity index (χ3v) is 3.14. The van der Waals surface area contributed by atoms with Crippen molar-refractivity contribution >= 4 is 11.7 Å². The van der Waals surface area contributed by atoms with Crippen molar-refractivity contribution in [2.75, 3.05) is 26.2 Å². The summed E-state index contributed by atoms with van der Waals surface area (Å²) in [5, 5.41) is 23.3. The van der Waals surface area contributed by atoms with Gasteiger partial charge in [0.15, 0.2) is 0 Å². The van der Waals surface area contributed by atoms with E-state index in [2.05, 4.69) is 10.2 Å². The molecular formula is C12H15N3O4. The van der Waals surface area contributed by atoms with E-state index < -0.39 is 10.9 Å². The number of nitrogens with zero attached hydrogens (tertiary/aromatic N) is 2. The number of rotatable bonds is 4. The smallest absolute Gasteiger partial charge is 0.343 e. The van der Waals surface area contributed by atoms with E-state index in [-0.39, 0.29) is 11.3 Å². The first-order chi connectivity index (χ1) is 9.09. The normalized spacial score (nSPS) is 16.2. The molecule has 1 aromatic carbocycles. The van der Waals surface area contributed by atoms with Crippen LogP contribution in [0.3, 0.4) is 0 Å². The zero-order chi connectivity index (χ0) is 13.8. The Kier molecular flexibility index (Phi) is 4.08. The van der Waals surface area contributed by atoms with Gasteiger partial charge in [-0.2, -0.15) is 0 Å². The van der Waals surface area contributed by atoms with Crippen molar-refractivity contribution in [1.82, 2.24) is 10.2 Å². The lowest BCUT2D eigenvalue weighted by molar-refractivity contribution is -0.385. The fourth-order valence-electron chi connectivity index (χ4n) is 2.23. The second-order valence-electron chi connectivity index (χ2n) is 4.40. The number of hydrogen-bond acceptors (Lipinski definition) is 5. The molecule has 7 heteroatoms. The molecule has 0 radical (unpaired) electrons. The number of nitro groups is 1. The minimum Gasteiger partial charge on any atom is -0.477 e. The molecule has 2 N–H and O–H groups in total. The Labute approximate surface area is 110 Å². The van der Waals surface area contributed by atoms with Gasteiger partial charge >= 0.3 is 5.97 Å². The van der Waals surface area contributed by atoms with E-state index in [1.54, 1.807) is 6.07 Å². The fourth-order valence-corrected chi connectivity index (χ4v) is 2.23. The summed E-state index contributed by atoms with van der Waals surface area (Å²) in [6, 6.07) is 4.39. The minimum absolute atomic E-state index is 0.203. The summed E-state index contributed by atoms with van der Waals surface area (Å²) in [6.45, 7) is 3.73. The van der Waals surface area contributed by atoms with Crippen LogP contribution in [0.4, 0.5) is 5.69 Å². The summed E-state index contributed by atoms with van der Waals surface area (Å²) in [5.41, 5.74) is -0.0604. The van der Waals surface area contributed by atoms with E-state index in [9.17, 15) is 20.0 Å². The topological polar surface area (TPSA) is 95.7 Å². The Morgan fingerprint density at radius 1 is 1.42 bits per heavy atom. The highest BCUT2D eigenvalue weighted by molar-refractivity contribution is 5.94. The number of hydrogen-bond donors (Lipinski definition) is 2. The predicted octanol–water partition coefficient (Wildman–Crippen LogP) is 0.698. The molecule has 0 saturated carbocycles. The molecule has 0 aromatic heterocycles. The van der Waals surface area contributed by atoms with Crippen LogP contribution in [0.25, 0.3) is 0 Å². The van der Waals surface area contributed by atoms with Crippen LogP contribution in [0.1, 0.15) is 15.9 Å². The number of carboxylic acid groups (broad SMARTS) is 1. The van der Waals surface area contributed by atoms with Crippen molar-refractivity contribution in [2.24, 2.45) is 0 Å². The van der Waals surface area contributed by atoms with Crippen molar-refractivity contribution in [3.05, 3.63) is 39.4 Å². The summed E-state index contributed by atoms with van der Waals surface area (Å²) < 4.78 is 0. The number of nitrogens with one attached hydrogen (secondary N) is 1. The summed E-state index contributed by atoms with van der Waals surface area (Å²) in [4.78, 5) is 23.6. The van der Waals surface area contributed by atoms with Crippen molar-refractivity contribution in [3.63, 3.8) is 0 Å². The molecular weight excluding hydrogens is 250 g/mol. The highest BCUT2D eigenvalue weighted by atomic mass is 16.6. The molecule has 1 aliphatic rings. The summed E-state index contributed by atoms with van der Waals surface area (Å²) >= 11 is 0. The number of piperazine rings is 1. The standard InChI is InChI=1S/C12H15N3O4/c16-12(17)11-9(2-1-3-10(11)15(18)19)8-14-6-4-13-5-7-14/h1-3,13H,4-8H2,(H,16,17). The van der Waals surface area contributed by atoms with Crippen LogP contribution in [0, 0.1) is 10.1 Å². The zero-order valence-corrected chi connectivity index (χ0v) is 10.3. The van der Waals surface area contributed by atoms with Gasteiger partial charge in [-0.25, -0.2) is 4.79 Å². The molecule has 1 saturated heterocycles. The highest BCUT2D eigenvalue weighted by Gasteiger charge is 2.24. The largest absolute Gasteiger partial charge is 0.477 e. The zero-order valence-electron chi connectivity index (χ0n) is 10.3. The van der Waals surface area contributed by atoms with Gasteiger partial charge in [0.25, 0.3) is 5.69 Å². The first-order valence-electron chi connectivity index (χ1n) is 6.02. The molecule has 1 aliphatic heterocycles. The number of nitro benzene ring substituents is 1. The first-order valence-corrected chi connectivity index (χ1v) is 6.02. The van der Waals surface area contributed by atoms with Crippen LogP contribution >= 0.6 is 0 Å². The molecule has 1 heterocycles. The van der Waals surface area contributed by atoms with Gasteiger partial charge in [-0.15, -0.1) is 0 Å². The average molecular weight is 265 g/mol. The lowest BCUT2D eigenvalue weighted by Gasteiger charge is -2.27. The second kappa shape index (κ2) is 5.77. The van der Waals surface area contributed by atoms with Gasteiger partial charge in [0.2, 0.25) is 0 Å². The first kappa shape index (κ1) is 13.4. The van der Waals surface area contributed by atoms with Crippen molar-refractivity contribution < 1.29 is 14.8 Å². The van der Waals surface area contributed by atoms with Gasteiger partial charge in [-0.1, -0.05) is 12.1 Å². The quantitative estimate of drug-likeness (QED) is 0.614. The van der Waals surface area contributed by atoms with E-state index >= 15 is 0 Å². The lowest BCUT2D eigenvalue weighted by Crippen LogP contribution is -2.43. The summed E-state index contributed by atoms with van der Waals surface area (Å²) in [7, 11) is 0. The van der Waals surface area contributed by atoms with E-state index in [1.165, 1.54) is 12.1 Å². The SMILES string of the molecule is O=C(O)c1c(CN2CCNCC2)cccc1[N+](=O)[O-]. The van der Waals surface area contributed by atoms with Gasteiger partial charge in [0.1, 0.15) is 5.56 Å². The maximum absolute atomic E-state index is 11.3. The monoisotopic (exact) mass is 265 g/mol. The molecule has 0 aliphatic carbocycles. The van der Waals surface area contributed by atoms with Gasteiger partial charge in [0, 0.05) is 38.8 Å². The Balaban J connectivity index is 2.30. The van der Waals surface area contributed by atoms with Gasteiger partial charge < -0.3 is 10.4 Å². The molecule has 102 valence electrons. The van der Waals surface area contributed by atoms with Gasteiger partial charge in [-0.3, -0.25) is 15.0 Å². The van der Waals surface area contributed by atoms with Crippen LogP contribution in [0.15, 0.2) is 18.2 Å². The molecule has 0 spiro atoms. The molecule has 19 heavy (non-hydrogen) atoms. The average Bonchev–Trinajstić information content (AvgIpc) is 2.39. The summed E-state index contributed by atoms with van der Waals surface area (Å²) in [5.74, 6) is -1.25. The van der Waals surface area contributed by atoms with Gasteiger partial charge in [-0.05, 0) is 5.56 Å². The second-order valence-corrected chi connectivity index (χ2v) is 4.40. The minimum atomic E-state index is -1.25. The molecule has 1 aromatic rings. The number of aromatic carboxylic acids is 1. The third kappa shape index (κ3) is 3.07. The molecule has 0 atom stereocenters. The lowest BCUT2D eigenvalue weighted by atomic mass is 10.0. The molecule has 0 amide bonds. The fraction of sp³-hybridized carbons (Fsp3) is 0.417. The maximum Gasteiger partial charge on any atom is 0.343 e. The van der Waals surface area contributed by atoms with E-state index in [4.69, 9.17) is 0 Å². The number of benzene rings is 1. The van der Waals surface area contributed by atoms with Crippen LogP contribution in [0.5, 0.6) is 0 Å². The number of carboxylic acids is 1. The van der Waals surface area contributed by atoms with Crippen molar-refractivity contribution in [2.45, 2.75) is 6.54 Å². The molecule has 2 rings (SSSR count). The van der Waals surface area contributed by atoms with Gasteiger partial charge in [0.05, 0.1) is 4.92 Å². The van der Waals surface area contributed by atoms with E-state index in [1.807, 2.05) is 0 Å². The molecule has 7 nitrogen and oxygen atoms in total. The molecule has 0 unspecified atom stereocenters. The predicted molar refractivity (Wildman–Crippen MR) is 68.2 cm³/mol. The van der Waals surface area contributed by atoms with Crippen LogP contribution in [-0.4, -0.2) is 47.1 Å². The van der Waals surface area contributed by atoms with E-state index in [0.717, 1.165) is 26.2 Å². The van der Waals surface area contributed by atoms with Crippen LogP contribution in [0.2, 0.25) is 0 Å². The maximum atomic E-state index is 11.3.